The predicted molar refractivity (Wildman–Crippen MR) is 158 cm³/mol. The number of rotatable bonds is 6. The van der Waals surface area contributed by atoms with Gasteiger partial charge in [-0.25, -0.2) is 4.98 Å². The fourth-order valence-corrected chi connectivity index (χ4v) is 5.76. The van der Waals surface area contributed by atoms with Gasteiger partial charge in [-0.15, -0.1) is 22.7 Å². The van der Waals surface area contributed by atoms with Crippen molar-refractivity contribution in [1.29, 1.82) is 0 Å². The molecule has 37 heavy (non-hydrogen) atoms. The first-order valence-electron chi connectivity index (χ1n) is 11.6. The molecule has 5 rings (SSSR count). The second-order valence-electron chi connectivity index (χ2n) is 8.16. The van der Waals surface area contributed by atoms with Gasteiger partial charge < -0.3 is 0 Å². The fourth-order valence-electron chi connectivity index (χ4n) is 3.80. The van der Waals surface area contributed by atoms with Gasteiger partial charge in [-0.2, -0.15) is 0 Å². The summed E-state index contributed by atoms with van der Waals surface area (Å²) >= 11 is 1.90. The van der Waals surface area contributed by atoms with Gasteiger partial charge in [-0.05, 0) is 97.1 Å². The van der Waals surface area contributed by atoms with Crippen molar-refractivity contribution >= 4 is 51.7 Å². The quantitative estimate of drug-likeness (QED) is 0.168. The number of aromatic nitrogens is 3. The zero-order chi connectivity index (χ0) is 26.4. The number of nitrogens with zero attached hydrogens (tertiary/aromatic N) is 3. The van der Waals surface area contributed by atoms with Crippen LogP contribution in [0.15, 0.2) is 73.1 Å². The normalized spacial score (nSPS) is 11.1. The molecule has 0 fully saturated rings. The number of thiophene rings is 2. The number of aryl methyl sites for hydroxylation is 3. The molecule has 0 radical (unpaired) electrons. The Morgan fingerprint density at radius 2 is 1.19 bits per heavy atom. The van der Waals surface area contributed by atoms with Crippen molar-refractivity contribution in [3.05, 3.63) is 89.1 Å². The summed E-state index contributed by atoms with van der Waals surface area (Å²) in [5, 5.41) is 0. The molecule has 0 saturated heterocycles. The van der Waals surface area contributed by atoms with E-state index in [-0.39, 0.29) is 0 Å². The van der Waals surface area contributed by atoms with Crippen LogP contribution in [0.3, 0.4) is 0 Å². The van der Waals surface area contributed by atoms with E-state index in [2.05, 4.69) is 91.4 Å². The Kier molecular flexibility index (Phi) is 10.3. The molecule has 0 spiro atoms. The van der Waals surface area contributed by atoms with Gasteiger partial charge in [0.2, 0.25) is 0 Å². The van der Waals surface area contributed by atoms with E-state index in [4.69, 9.17) is 34.1 Å². The van der Waals surface area contributed by atoms with E-state index in [1.54, 1.807) is 0 Å². The van der Waals surface area contributed by atoms with Crippen LogP contribution in [0, 0.1) is 6.92 Å². The molecule has 0 aliphatic carbocycles. The van der Waals surface area contributed by atoms with Gasteiger partial charge in [0.05, 0.1) is 22.8 Å². The molecule has 0 saturated carbocycles. The first kappa shape index (κ1) is 28.4. The molecule has 5 heterocycles. The van der Waals surface area contributed by atoms with Gasteiger partial charge in [-0.1, -0.05) is 13.8 Å². The second kappa shape index (κ2) is 13.4. The number of halogens is 3. The molecule has 0 N–H and O–H groups in total. The van der Waals surface area contributed by atoms with Crippen molar-refractivity contribution in [2.45, 2.75) is 33.6 Å². The third-order valence-electron chi connectivity index (χ3n) is 5.68. The van der Waals surface area contributed by atoms with Crippen LogP contribution in [0.5, 0.6) is 0 Å². The third-order valence-corrected chi connectivity index (χ3v) is 8.02. The molecule has 5 aromatic rings. The molecule has 193 valence electrons. The molecule has 0 aliphatic heterocycles. The van der Waals surface area contributed by atoms with E-state index in [1.807, 2.05) is 35.1 Å². The monoisotopic (exact) mass is 674 g/mol. The Labute approximate surface area is 243 Å². The van der Waals surface area contributed by atoms with Crippen molar-refractivity contribution in [2.24, 2.45) is 0 Å². The van der Waals surface area contributed by atoms with Gasteiger partial charge in [-0.3, -0.25) is 9.97 Å². The average molecular weight is 675 g/mol. The summed E-state index contributed by atoms with van der Waals surface area (Å²) in [4.78, 5) is 19.4. The maximum atomic E-state index is 4.97. The molecule has 0 aromatic carbocycles. The molecular weight excluding hydrogens is 650 g/mol. The van der Waals surface area contributed by atoms with Gasteiger partial charge in [0.1, 0.15) is 0 Å². The van der Waals surface area contributed by atoms with Crippen LogP contribution in [0.4, 0.5) is 0 Å². The summed E-state index contributed by atoms with van der Waals surface area (Å²) < 4.78 is 0. The van der Waals surface area contributed by atoms with Crippen molar-refractivity contribution in [3.8, 4) is 43.0 Å². The van der Waals surface area contributed by atoms with Gasteiger partial charge in [0.25, 0.3) is 0 Å². The average Bonchev–Trinajstić information content (AvgIpc) is 3.57. The van der Waals surface area contributed by atoms with Crippen molar-refractivity contribution in [1.82, 2.24) is 15.0 Å². The van der Waals surface area contributed by atoms with E-state index >= 15 is 0 Å². The predicted octanol–water partition coefficient (Wildman–Crippen LogP) is 10.2. The van der Waals surface area contributed by atoms with E-state index in [0.29, 0.717) is 0 Å². The first-order valence-corrected chi connectivity index (χ1v) is 20.0. The minimum atomic E-state index is -1.75. The van der Waals surface area contributed by atoms with Crippen LogP contribution in [-0.4, -0.2) is 15.0 Å². The van der Waals surface area contributed by atoms with Gasteiger partial charge >= 0.3 is 42.1 Å². The summed E-state index contributed by atoms with van der Waals surface area (Å²) in [6, 6.07) is 21.5. The number of hydrogen-bond acceptors (Lipinski definition) is 5. The molecule has 0 aliphatic rings. The van der Waals surface area contributed by atoms with Crippen LogP contribution in [0.25, 0.3) is 43.0 Å². The molecule has 0 atom stereocenters. The Balaban J connectivity index is 0.000000747. The van der Waals surface area contributed by atoms with E-state index < -0.39 is 13.0 Å². The fraction of sp³-hybridized carbons (Fsp3) is 0.179. The molecule has 5 aromatic heterocycles. The zero-order valence-corrected chi connectivity index (χ0v) is 26.1. The summed E-state index contributed by atoms with van der Waals surface area (Å²) in [6.07, 6.45) is 5.67. The summed E-state index contributed by atoms with van der Waals surface area (Å²) in [7, 11) is 14.8. The van der Waals surface area contributed by atoms with E-state index in [0.717, 1.165) is 35.6 Å². The van der Waals surface area contributed by atoms with E-state index in [9.17, 15) is 0 Å². The molecule has 3 nitrogen and oxygen atoms in total. The zero-order valence-electron chi connectivity index (χ0n) is 20.5. The maximum absolute atomic E-state index is 4.97. The summed E-state index contributed by atoms with van der Waals surface area (Å²) in [5.74, 6) is 0. The van der Waals surface area contributed by atoms with Crippen LogP contribution >= 0.6 is 51.7 Å². The standard InChI is InChI=1S/C28H25N3S2.3ClH.Ru/c1-4-19-10-12-29-22(14-19)24-15-20(5-2)16-25(31-24)23-17-21(11-13-30-23)26-8-9-28(33-26)27-7-6-18(3)32-27;;;;/h6-17H,4-5H2,1-3H3;3*1H;/q;;;;+3/p-3. The number of hydrogen-bond donors (Lipinski definition) is 0. The van der Waals surface area contributed by atoms with Crippen LogP contribution in [-0.2, 0) is 25.8 Å². The second-order valence-corrected chi connectivity index (χ2v) is 18.4. The van der Waals surface area contributed by atoms with Crippen LogP contribution in [0.2, 0.25) is 0 Å². The van der Waals surface area contributed by atoms with Gasteiger partial charge in [0, 0.05) is 31.9 Å². The summed E-state index contributed by atoms with van der Waals surface area (Å²) in [6.45, 7) is 6.48. The van der Waals surface area contributed by atoms with Gasteiger partial charge in [0.15, 0.2) is 0 Å². The van der Waals surface area contributed by atoms with Crippen LogP contribution < -0.4 is 0 Å². The van der Waals surface area contributed by atoms with E-state index in [1.165, 1.54) is 36.2 Å². The van der Waals surface area contributed by atoms with Crippen molar-refractivity contribution in [2.75, 3.05) is 0 Å². The Bertz CT molecular complexity index is 1480. The minimum absolute atomic E-state index is 0.887. The molecule has 9 heteroatoms. The first-order chi connectivity index (χ1) is 17.9. The Hall–Kier alpha value is -1.66. The third kappa shape index (κ3) is 7.69. The Morgan fingerprint density at radius 1 is 0.649 bits per heavy atom. The van der Waals surface area contributed by atoms with Crippen molar-refractivity contribution in [3.63, 3.8) is 0 Å². The molecule has 0 unspecified atom stereocenters. The Morgan fingerprint density at radius 3 is 1.81 bits per heavy atom. The number of pyridine rings is 3. The topological polar surface area (TPSA) is 38.7 Å². The van der Waals surface area contributed by atoms with Crippen LogP contribution in [0.1, 0.15) is 29.9 Å². The molecule has 0 bridgehead atoms. The van der Waals surface area contributed by atoms with Crippen molar-refractivity contribution < 1.29 is 13.0 Å². The SMILES string of the molecule is CCc1ccnc(-c2cc(CC)cc(-c3cc(-c4ccc(-c5ccc(C)s5)s4)ccn3)n2)c1.[Cl][Ru]([Cl])[Cl]. The molecular formula is C28H25Cl3N3RuS2. The molecule has 0 amide bonds. The summed E-state index contributed by atoms with van der Waals surface area (Å²) in [5.41, 5.74) is 7.26.